The zero-order valence-electron chi connectivity index (χ0n) is 29.9. The summed E-state index contributed by atoms with van der Waals surface area (Å²) in [5, 5.41) is 9.81. The SMILES string of the molecule is CCCCCC[C@@H](C/C=C\CCCCCCCC(=O)OC)OC.CCCCCC[C@@H](O)C/C=C\CCCCCCCC(C)=O. The normalized spacial score (nSPS) is 12.8. The average Bonchev–Trinajstić information content (AvgIpc) is 3.02. The predicted molar refractivity (Wildman–Crippen MR) is 189 cm³/mol. The second kappa shape index (κ2) is 37.7. The zero-order valence-corrected chi connectivity index (χ0v) is 29.9. The van der Waals surface area contributed by atoms with Crippen molar-refractivity contribution in [1.29, 1.82) is 0 Å². The van der Waals surface area contributed by atoms with Gasteiger partial charge in [0.15, 0.2) is 0 Å². The topological polar surface area (TPSA) is 72.8 Å². The number of methoxy groups -OCH3 is 2. The van der Waals surface area contributed by atoms with E-state index in [4.69, 9.17) is 4.74 Å². The van der Waals surface area contributed by atoms with Crippen LogP contribution in [0.1, 0.15) is 188 Å². The first-order valence-corrected chi connectivity index (χ1v) is 18.5. The molecule has 0 aromatic heterocycles. The molecule has 5 heteroatoms. The molecule has 0 spiro atoms. The summed E-state index contributed by atoms with van der Waals surface area (Å²) in [5.41, 5.74) is 0. The first-order chi connectivity index (χ1) is 21.4. The molecule has 0 amide bonds. The van der Waals surface area contributed by atoms with Crippen LogP contribution in [0.5, 0.6) is 0 Å². The van der Waals surface area contributed by atoms with Crippen LogP contribution in [0.3, 0.4) is 0 Å². The number of Topliss-reactive ketones (excluding diaryl/α,β-unsaturated/α-hetero) is 1. The maximum atomic E-state index is 11.0. The molecule has 1 N–H and O–H groups in total. The van der Waals surface area contributed by atoms with Gasteiger partial charge in [0.1, 0.15) is 5.78 Å². The number of aliphatic hydroxyl groups excluding tert-OH is 1. The van der Waals surface area contributed by atoms with Crippen molar-refractivity contribution in [3.63, 3.8) is 0 Å². The van der Waals surface area contributed by atoms with Crippen LogP contribution in [0.15, 0.2) is 24.3 Å². The third-order valence-corrected chi connectivity index (χ3v) is 8.12. The molecule has 44 heavy (non-hydrogen) atoms. The number of allylic oxidation sites excluding steroid dienone is 2. The van der Waals surface area contributed by atoms with Crippen LogP contribution in [0.4, 0.5) is 0 Å². The van der Waals surface area contributed by atoms with Gasteiger partial charge in [-0.25, -0.2) is 0 Å². The maximum Gasteiger partial charge on any atom is 0.305 e. The second-order valence-electron chi connectivity index (χ2n) is 12.5. The molecule has 2 atom stereocenters. The van der Waals surface area contributed by atoms with E-state index in [0.29, 0.717) is 18.3 Å². The molecule has 0 bridgehead atoms. The lowest BCUT2D eigenvalue weighted by molar-refractivity contribution is -0.140. The highest BCUT2D eigenvalue weighted by Gasteiger charge is 2.04. The Morgan fingerprint density at radius 3 is 1.59 bits per heavy atom. The molecule has 260 valence electrons. The lowest BCUT2D eigenvalue weighted by Gasteiger charge is -2.12. The molecule has 5 nitrogen and oxygen atoms in total. The van der Waals surface area contributed by atoms with Gasteiger partial charge >= 0.3 is 5.97 Å². The largest absolute Gasteiger partial charge is 0.469 e. The minimum Gasteiger partial charge on any atom is -0.469 e. The van der Waals surface area contributed by atoms with E-state index < -0.39 is 0 Å². The zero-order chi connectivity index (χ0) is 32.9. The summed E-state index contributed by atoms with van der Waals surface area (Å²) in [5.74, 6) is 0.224. The number of carbonyl (C=O) groups excluding carboxylic acids is 2. The van der Waals surface area contributed by atoms with Gasteiger partial charge in [-0.1, -0.05) is 128 Å². The van der Waals surface area contributed by atoms with Gasteiger partial charge in [-0.2, -0.15) is 0 Å². The summed E-state index contributed by atoms with van der Waals surface area (Å²) in [4.78, 5) is 21.7. The van der Waals surface area contributed by atoms with Crippen LogP contribution < -0.4 is 0 Å². The van der Waals surface area contributed by atoms with E-state index in [-0.39, 0.29) is 12.1 Å². The molecular weight excluding hydrogens is 548 g/mol. The van der Waals surface area contributed by atoms with E-state index >= 15 is 0 Å². The number of hydrogen-bond acceptors (Lipinski definition) is 5. The molecule has 0 saturated carbocycles. The quantitative estimate of drug-likeness (QED) is 0.0473. The number of rotatable bonds is 31. The molecule has 0 aliphatic heterocycles. The fraction of sp³-hybridized carbons (Fsp3) is 0.846. The van der Waals surface area contributed by atoms with Crippen molar-refractivity contribution < 1.29 is 24.2 Å². The lowest BCUT2D eigenvalue weighted by Crippen LogP contribution is -2.08. The first kappa shape index (κ1) is 44.7. The Morgan fingerprint density at radius 1 is 0.591 bits per heavy atom. The molecule has 0 rings (SSSR count). The molecule has 0 aliphatic rings. The number of carbonyl (C=O) groups is 2. The second-order valence-corrected chi connectivity index (χ2v) is 12.5. The van der Waals surface area contributed by atoms with Gasteiger partial charge in [-0.3, -0.25) is 4.79 Å². The van der Waals surface area contributed by atoms with Gasteiger partial charge in [-0.15, -0.1) is 0 Å². The van der Waals surface area contributed by atoms with E-state index in [9.17, 15) is 14.7 Å². The minimum atomic E-state index is -0.148. The summed E-state index contributed by atoms with van der Waals surface area (Å²) >= 11 is 0. The molecule has 0 aromatic carbocycles. The van der Waals surface area contributed by atoms with E-state index in [1.807, 2.05) is 7.11 Å². The van der Waals surface area contributed by atoms with Crippen LogP contribution in [0, 0.1) is 0 Å². The number of ketones is 1. The monoisotopic (exact) mass is 623 g/mol. The number of hydrogen-bond donors (Lipinski definition) is 1. The Labute approximate surface area is 274 Å². The van der Waals surface area contributed by atoms with Gasteiger partial charge in [0.05, 0.1) is 19.3 Å². The van der Waals surface area contributed by atoms with Gasteiger partial charge in [0, 0.05) is 20.0 Å². The highest BCUT2D eigenvalue weighted by molar-refractivity contribution is 5.75. The molecular formula is C39H74O5. The smallest absolute Gasteiger partial charge is 0.305 e. The molecule has 0 saturated heterocycles. The number of unbranched alkanes of at least 4 members (excludes halogenated alkanes) is 16. The molecule has 0 aliphatic carbocycles. The van der Waals surface area contributed by atoms with Crippen molar-refractivity contribution in [1.82, 2.24) is 0 Å². The van der Waals surface area contributed by atoms with Crippen LogP contribution in [0.25, 0.3) is 0 Å². The molecule has 0 unspecified atom stereocenters. The van der Waals surface area contributed by atoms with Crippen LogP contribution in [-0.4, -0.2) is 43.3 Å². The Bertz CT molecular complexity index is 657. The van der Waals surface area contributed by atoms with Gasteiger partial charge < -0.3 is 19.4 Å². The molecule has 0 heterocycles. The first-order valence-electron chi connectivity index (χ1n) is 18.5. The predicted octanol–water partition coefficient (Wildman–Crippen LogP) is 11.4. The Morgan fingerprint density at radius 2 is 1.07 bits per heavy atom. The van der Waals surface area contributed by atoms with Crippen LogP contribution >= 0.6 is 0 Å². The summed E-state index contributed by atoms with van der Waals surface area (Å²) in [6.07, 6.45) is 38.7. The average molecular weight is 623 g/mol. The molecule has 0 radical (unpaired) electrons. The van der Waals surface area contributed by atoms with E-state index in [1.165, 1.54) is 103 Å². The Balaban J connectivity index is 0. The minimum absolute atomic E-state index is 0.0877. The van der Waals surface area contributed by atoms with Crippen LogP contribution in [0.2, 0.25) is 0 Å². The third kappa shape index (κ3) is 38.6. The van der Waals surface area contributed by atoms with E-state index in [0.717, 1.165) is 64.2 Å². The number of aliphatic hydroxyl groups is 1. The van der Waals surface area contributed by atoms with E-state index in [2.05, 4.69) is 42.9 Å². The summed E-state index contributed by atoms with van der Waals surface area (Å²) in [7, 11) is 3.28. The highest BCUT2D eigenvalue weighted by Crippen LogP contribution is 2.13. The van der Waals surface area contributed by atoms with Crippen molar-refractivity contribution in [3.05, 3.63) is 24.3 Å². The number of ether oxygens (including phenoxy) is 2. The van der Waals surface area contributed by atoms with Crippen molar-refractivity contribution in [2.45, 2.75) is 200 Å². The molecule has 0 fully saturated rings. The summed E-state index contributed by atoms with van der Waals surface area (Å²) in [6, 6.07) is 0. The fourth-order valence-electron chi connectivity index (χ4n) is 5.12. The van der Waals surface area contributed by atoms with Crippen molar-refractivity contribution in [3.8, 4) is 0 Å². The Hall–Kier alpha value is -1.46. The third-order valence-electron chi connectivity index (χ3n) is 8.12. The number of esters is 1. The van der Waals surface area contributed by atoms with Gasteiger partial charge in [0.2, 0.25) is 0 Å². The maximum absolute atomic E-state index is 11.0. The standard InChI is InChI=1S/C20H38O3.C19H36O2/c1-4-5-6-13-16-19(22-2)17-14-11-9-7-8-10-12-15-18-20(21)23-3;1-3-4-5-13-16-19(21)17-14-11-9-7-6-8-10-12-15-18(2)20/h11,14,19H,4-10,12-13,15-18H2,1-3H3;11,14,19,21H,3-10,12-13,15-17H2,1-2H3/b2*14-11-/t2*19-/m01/s1. The van der Waals surface area contributed by atoms with E-state index in [1.54, 1.807) is 6.92 Å². The molecule has 0 aromatic rings. The van der Waals surface area contributed by atoms with Crippen molar-refractivity contribution in [2.24, 2.45) is 0 Å². The summed E-state index contributed by atoms with van der Waals surface area (Å²) < 4.78 is 10.2. The highest BCUT2D eigenvalue weighted by atomic mass is 16.5. The van der Waals surface area contributed by atoms with Gasteiger partial charge in [0.25, 0.3) is 0 Å². The van der Waals surface area contributed by atoms with Crippen molar-refractivity contribution in [2.75, 3.05) is 14.2 Å². The van der Waals surface area contributed by atoms with Gasteiger partial charge in [-0.05, 0) is 71.1 Å². The lowest BCUT2D eigenvalue weighted by atomic mass is 10.1. The summed E-state index contributed by atoms with van der Waals surface area (Å²) in [6.45, 7) is 6.13. The fourth-order valence-corrected chi connectivity index (χ4v) is 5.12. The van der Waals surface area contributed by atoms with Crippen LogP contribution in [-0.2, 0) is 19.1 Å². The van der Waals surface area contributed by atoms with Crippen molar-refractivity contribution >= 4 is 11.8 Å². The Kier molecular flexibility index (Phi) is 38.3.